The molecule has 0 unspecified atom stereocenters. The highest BCUT2D eigenvalue weighted by molar-refractivity contribution is 6.30. The summed E-state index contributed by atoms with van der Waals surface area (Å²) in [5.74, 6) is 0. The molecule has 1 aromatic carbocycles. The van der Waals surface area contributed by atoms with E-state index in [1.807, 2.05) is 13.0 Å². The molecule has 5 heteroatoms. The zero-order valence-electron chi connectivity index (χ0n) is 9.91. The third kappa shape index (κ3) is 3.33. The van der Waals surface area contributed by atoms with E-state index < -0.39 is 5.54 Å². The van der Waals surface area contributed by atoms with E-state index in [0.717, 1.165) is 11.3 Å². The van der Waals surface area contributed by atoms with Gasteiger partial charge in [0.1, 0.15) is 0 Å². The van der Waals surface area contributed by atoms with E-state index in [1.54, 1.807) is 12.1 Å². The van der Waals surface area contributed by atoms with Crippen LogP contribution in [0.5, 0.6) is 0 Å². The number of anilines is 1. The zero-order valence-corrected chi connectivity index (χ0v) is 10.7. The van der Waals surface area contributed by atoms with E-state index in [0.29, 0.717) is 18.0 Å². The number of aliphatic hydroxyl groups excluding tert-OH is 2. The quantitative estimate of drug-likeness (QED) is 0.621. The second-order valence-electron chi connectivity index (χ2n) is 4.08. The van der Waals surface area contributed by atoms with Crippen molar-refractivity contribution in [2.24, 2.45) is 5.73 Å². The van der Waals surface area contributed by atoms with Crippen molar-refractivity contribution in [1.29, 1.82) is 0 Å². The minimum Gasteiger partial charge on any atom is -0.394 e. The monoisotopic (exact) mass is 258 g/mol. The molecule has 0 aromatic heterocycles. The molecule has 0 saturated heterocycles. The summed E-state index contributed by atoms with van der Waals surface area (Å²) in [4.78, 5) is 0. The fourth-order valence-corrected chi connectivity index (χ4v) is 1.74. The predicted molar refractivity (Wildman–Crippen MR) is 70.2 cm³/mol. The van der Waals surface area contributed by atoms with Crippen LogP contribution in [0.3, 0.4) is 0 Å². The van der Waals surface area contributed by atoms with Crippen LogP contribution in [0.25, 0.3) is 0 Å². The summed E-state index contributed by atoms with van der Waals surface area (Å²) in [6.45, 7) is 1.95. The Labute approximate surface area is 106 Å². The van der Waals surface area contributed by atoms with E-state index in [1.165, 1.54) is 0 Å². The van der Waals surface area contributed by atoms with Crippen molar-refractivity contribution in [2.45, 2.75) is 25.4 Å². The lowest BCUT2D eigenvalue weighted by atomic mass is 9.97. The number of aliphatic hydroxyl groups is 2. The van der Waals surface area contributed by atoms with E-state index >= 15 is 0 Å². The molecule has 4 nitrogen and oxygen atoms in total. The lowest BCUT2D eigenvalue weighted by Gasteiger charge is -2.32. The molecule has 0 spiro atoms. The van der Waals surface area contributed by atoms with Gasteiger partial charge in [-0.2, -0.15) is 0 Å². The molecule has 0 bridgehead atoms. The Balaban J connectivity index is 3.03. The highest BCUT2D eigenvalue weighted by Gasteiger charge is 2.26. The summed E-state index contributed by atoms with van der Waals surface area (Å²) >= 11 is 5.93. The largest absolute Gasteiger partial charge is 0.394 e. The second-order valence-corrected chi connectivity index (χ2v) is 4.52. The third-order valence-corrected chi connectivity index (χ3v) is 3.21. The molecule has 17 heavy (non-hydrogen) atoms. The van der Waals surface area contributed by atoms with Crippen LogP contribution in [-0.4, -0.2) is 29.0 Å². The highest BCUT2D eigenvalue weighted by Crippen LogP contribution is 2.25. The molecular formula is C12H19ClN2O2. The van der Waals surface area contributed by atoms with Crippen LogP contribution in [0.2, 0.25) is 5.02 Å². The summed E-state index contributed by atoms with van der Waals surface area (Å²) < 4.78 is 0. The molecule has 0 radical (unpaired) electrons. The molecule has 1 rings (SSSR count). The van der Waals surface area contributed by atoms with Crippen molar-refractivity contribution in [2.75, 3.05) is 18.5 Å². The van der Waals surface area contributed by atoms with Gasteiger partial charge in [0.25, 0.3) is 0 Å². The SMILES string of the molecule is CCC(CO)(CO)Nc1cc(Cl)ccc1CN. The molecule has 96 valence electrons. The second kappa shape index (κ2) is 6.21. The van der Waals surface area contributed by atoms with Crippen molar-refractivity contribution >= 4 is 17.3 Å². The Morgan fingerprint density at radius 3 is 2.47 bits per heavy atom. The van der Waals surface area contributed by atoms with E-state index in [4.69, 9.17) is 17.3 Å². The first-order valence-electron chi connectivity index (χ1n) is 5.59. The molecule has 5 N–H and O–H groups in total. The third-order valence-electron chi connectivity index (χ3n) is 2.97. The van der Waals surface area contributed by atoms with Crippen LogP contribution in [0.1, 0.15) is 18.9 Å². The zero-order chi connectivity index (χ0) is 12.9. The summed E-state index contributed by atoms with van der Waals surface area (Å²) in [6.07, 6.45) is 0.594. The molecular weight excluding hydrogens is 240 g/mol. The van der Waals surface area contributed by atoms with Gasteiger partial charge in [0, 0.05) is 17.3 Å². The number of halogens is 1. The van der Waals surface area contributed by atoms with Gasteiger partial charge in [-0.3, -0.25) is 0 Å². The van der Waals surface area contributed by atoms with Gasteiger partial charge in [-0.05, 0) is 24.1 Å². The smallest absolute Gasteiger partial charge is 0.0832 e. The summed E-state index contributed by atoms with van der Waals surface area (Å²) in [5, 5.41) is 22.5. The molecule has 0 saturated carbocycles. The van der Waals surface area contributed by atoms with Crippen LogP contribution in [0, 0.1) is 0 Å². The number of rotatable bonds is 6. The average molecular weight is 259 g/mol. The molecule has 0 aliphatic heterocycles. The van der Waals surface area contributed by atoms with Crippen molar-refractivity contribution in [3.05, 3.63) is 28.8 Å². The van der Waals surface area contributed by atoms with Crippen molar-refractivity contribution < 1.29 is 10.2 Å². The first-order chi connectivity index (χ1) is 8.10. The fraction of sp³-hybridized carbons (Fsp3) is 0.500. The summed E-state index contributed by atoms with van der Waals surface area (Å²) in [7, 11) is 0. The van der Waals surface area contributed by atoms with Gasteiger partial charge in [0.15, 0.2) is 0 Å². The first kappa shape index (κ1) is 14.3. The van der Waals surface area contributed by atoms with Crippen molar-refractivity contribution in [3.8, 4) is 0 Å². The first-order valence-corrected chi connectivity index (χ1v) is 5.97. The highest BCUT2D eigenvalue weighted by atomic mass is 35.5. The Morgan fingerprint density at radius 2 is 2.00 bits per heavy atom. The molecule has 1 aromatic rings. The maximum Gasteiger partial charge on any atom is 0.0832 e. The van der Waals surface area contributed by atoms with Crippen LogP contribution < -0.4 is 11.1 Å². The van der Waals surface area contributed by atoms with Crippen molar-refractivity contribution in [1.82, 2.24) is 0 Å². The molecule has 0 amide bonds. The minimum atomic E-state index is -0.741. The Hall–Kier alpha value is -0.810. The number of nitrogens with two attached hydrogens (primary N) is 1. The molecule has 0 aliphatic rings. The van der Waals surface area contributed by atoms with Crippen LogP contribution in [0.15, 0.2) is 18.2 Å². The molecule has 0 aliphatic carbocycles. The fourth-order valence-electron chi connectivity index (χ4n) is 1.57. The van der Waals surface area contributed by atoms with Gasteiger partial charge in [0.05, 0.1) is 18.8 Å². The summed E-state index contributed by atoms with van der Waals surface area (Å²) in [6, 6.07) is 5.35. The van der Waals surface area contributed by atoms with Crippen LogP contribution >= 0.6 is 11.6 Å². The van der Waals surface area contributed by atoms with Crippen LogP contribution in [0.4, 0.5) is 5.69 Å². The number of hydrogen-bond donors (Lipinski definition) is 4. The number of benzene rings is 1. The van der Waals surface area contributed by atoms with E-state index in [9.17, 15) is 10.2 Å². The van der Waals surface area contributed by atoms with Gasteiger partial charge < -0.3 is 21.3 Å². The molecule has 0 atom stereocenters. The van der Waals surface area contributed by atoms with Gasteiger partial charge in [-0.25, -0.2) is 0 Å². The standard InChI is InChI=1S/C12H19ClN2O2/c1-2-12(7-16,8-17)15-11-5-10(13)4-3-9(11)6-14/h3-5,15-17H,2,6-8,14H2,1H3. The van der Waals surface area contributed by atoms with Gasteiger partial charge in [-0.15, -0.1) is 0 Å². The molecule has 0 heterocycles. The van der Waals surface area contributed by atoms with Gasteiger partial charge in [0.2, 0.25) is 0 Å². The number of hydrogen-bond acceptors (Lipinski definition) is 4. The Kier molecular flexibility index (Phi) is 5.21. The van der Waals surface area contributed by atoms with Gasteiger partial charge >= 0.3 is 0 Å². The van der Waals surface area contributed by atoms with Crippen LogP contribution in [-0.2, 0) is 6.54 Å². The average Bonchev–Trinajstić information content (AvgIpc) is 2.36. The summed E-state index contributed by atoms with van der Waals surface area (Å²) in [5.41, 5.74) is 6.55. The maximum absolute atomic E-state index is 9.38. The van der Waals surface area contributed by atoms with Gasteiger partial charge in [-0.1, -0.05) is 24.6 Å². The van der Waals surface area contributed by atoms with Crippen molar-refractivity contribution in [3.63, 3.8) is 0 Å². The maximum atomic E-state index is 9.38. The van der Waals surface area contributed by atoms with E-state index in [2.05, 4.69) is 5.32 Å². The molecule has 0 fully saturated rings. The number of nitrogens with one attached hydrogen (secondary N) is 1. The normalized spacial score (nSPS) is 11.6. The Morgan fingerprint density at radius 1 is 1.35 bits per heavy atom. The topological polar surface area (TPSA) is 78.5 Å². The minimum absolute atomic E-state index is 0.156. The van der Waals surface area contributed by atoms with E-state index in [-0.39, 0.29) is 13.2 Å². The predicted octanol–water partition coefficient (Wildman–Crippen LogP) is 1.34. The lowest BCUT2D eigenvalue weighted by molar-refractivity contribution is 0.132. The Bertz CT molecular complexity index is 359. The lowest BCUT2D eigenvalue weighted by Crippen LogP contribution is -2.45.